The average Bonchev–Trinajstić information content (AvgIpc) is 2.97. The molecule has 0 unspecified atom stereocenters. The van der Waals surface area contributed by atoms with Gasteiger partial charge in [0, 0.05) is 36.1 Å². The molecule has 0 spiro atoms. The molecule has 4 nitrogen and oxygen atoms in total. The Morgan fingerprint density at radius 2 is 1.00 bits per heavy atom. The van der Waals surface area contributed by atoms with Crippen LogP contribution in [0.3, 0.4) is 0 Å². The summed E-state index contributed by atoms with van der Waals surface area (Å²) in [6.45, 7) is 1.95. The summed E-state index contributed by atoms with van der Waals surface area (Å²) < 4.78 is 77.9. The van der Waals surface area contributed by atoms with Gasteiger partial charge in [0.2, 0.25) is 0 Å². The number of halogens is 5. The van der Waals surface area contributed by atoms with Gasteiger partial charge in [-0.05, 0) is 67.3 Å². The van der Waals surface area contributed by atoms with E-state index in [1.54, 1.807) is 12.1 Å². The lowest BCUT2D eigenvalue weighted by Crippen LogP contribution is -2.08. The van der Waals surface area contributed by atoms with Crippen molar-refractivity contribution in [3.8, 4) is 33.8 Å². The van der Waals surface area contributed by atoms with Gasteiger partial charge in [0.15, 0.2) is 0 Å². The fraction of sp³-hybridized carbons (Fsp3) is 0.257. The Labute approximate surface area is 252 Å². The zero-order chi connectivity index (χ0) is 31.7. The van der Waals surface area contributed by atoms with Crippen LogP contribution >= 0.6 is 0 Å². The zero-order valence-electron chi connectivity index (χ0n) is 24.1. The zero-order valence-corrected chi connectivity index (χ0v) is 24.1. The molecule has 0 aromatic heterocycles. The number of hydrogen-bond donors (Lipinski definition) is 0. The number of ether oxygens (including phenoxy) is 2. The van der Waals surface area contributed by atoms with E-state index >= 15 is 0 Å². The van der Waals surface area contributed by atoms with E-state index in [1.165, 1.54) is 30.3 Å². The van der Waals surface area contributed by atoms with Crippen molar-refractivity contribution in [1.82, 2.24) is 0 Å². The van der Waals surface area contributed by atoms with Gasteiger partial charge >= 0.3 is 18.1 Å². The van der Waals surface area contributed by atoms with E-state index in [4.69, 9.17) is 9.47 Å². The number of carbonyl (C=O) groups excluding carboxylic acids is 2. The number of aryl methyl sites for hydroxylation is 1. The van der Waals surface area contributed by atoms with Gasteiger partial charge in [-0.1, -0.05) is 61.2 Å². The van der Waals surface area contributed by atoms with Crippen LogP contribution in [0.15, 0.2) is 84.9 Å². The monoisotopic (exact) mass is 610 g/mol. The number of alkyl halides is 3. The van der Waals surface area contributed by atoms with Crippen molar-refractivity contribution in [3.63, 3.8) is 0 Å². The largest absolute Gasteiger partial charge is 0.426 e. The molecule has 230 valence electrons. The molecule has 44 heavy (non-hydrogen) atoms. The summed E-state index contributed by atoms with van der Waals surface area (Å²) in [5.74, 6) is -2.03. The van der Waals surface area contributed by atoms with Crippen molar-refractivity contribution in [3.05, 3.63) is 108 Å². The normalized spacial score (nSPS) is 11.3. The van der Waals surface area contributed by atoms with Crippen LogP contribution in [0.4, 0.5) is 22.0 Å². The lowest BCUT2D eigenvalue weighted by atomic mass is 10.0. The van der Waals surface area contributed by atoms with Crippen LogP contribution in [0.5, 0.6) is 11.5 Å². The van der Waals surface area contributed by atoms with Crippen molar-refractivity contribution in [2.45, 2.75) is 58.0 Å². The lowest BCUT2D eigenvalue weighted by molar-refractivity contribution is -0.137. The Bertz CT molecular complexity index is 1580. The minimum Gasteiger partial charge on any atom is -0.426 e. The van der Waals surface area contributed by atoms with Gasteiger partial charge < -0.3 is 9.47 Å². The Morgan fingerprint density at radius 3 is 1.41 bits per heavy atom. The van der Waals surface area contributed by atoms with Crippen LogP contribution in [0.25, 0.3) is 22.3 Å². The van der Waals surface area contributed by atoms with Gasteiger partial charge in [-0.3, -0.25) is 9.59 Å². The predicted molar refractivity (Wildman–Crippen MR) is 157 cm³/mol. The third-order valence-electron chi connectivity index (χ3n) is 6.99. The van der Waals surface area contributed by atoms with Crippen LogP contribution in [-0.2, 0) is 15.8 Å². The Hall–Kier alpha value is -4.53. The first kappa shape index (κ1) is 32.4. The number of hydrogen-bond acceptors (Lipinski definition) is 4. The van der Waals surface area contributed by atoms with Gasteiger partial charge in [0.05, 0.1) is 5.56 Å². The molecule has 4 rings (SSSR count). The topological polar surface area (TPSA) is 52.6 Å². The molecule has 0 atom stereocenters. The summed E-state index contributed by atoms with van der Waals surface area (Å²) >= 11 is 0. The fourth-order valence-corrected chi connectivity index (χ4v) is 4.59. The highest BCUT2D eigenvalue weighted by Crippen LogP contribution is 2.32. The molecule has 0 N–H and O–H groups in total. The second kappa shape index (κ2) is 14.8. The van der Waals surface area contributed by atoms with Crippen LogP contribution in [-0.4, -0.2) is 11.9 Å². The summed E-state index contributed by atoms with van der Waals surface area (Å²) in [4.78, 5) is 24.3. The molecule has 0 radical (unpaired) electrons. The summed E-state index contributed by atoms with van der Waals surface area (Å²) in [6.07, 6.45) is -0.830. The van der Waals surface area contributed by atoms with Crippen LogP contribution in [0.2, 0.25) is 0 Å². The summed E-state index contributed by atoms with van der Waals surface area (Å²) in [7, 11) is 0. The van der Waals surface area contributed by atoms with E-state index in [1.807, 2.05) is 31.2 Å². The van der Waals surface area contributed by atoms with E-state index in [0.717, 1.165) is 48.6 Å². The van der Waals surface area contributed by atoms with E-state index in [9.17, 15) is 31.5 Å². The maximum Gasteiger partial charge on any atom is 0.416 e. The number of benzene rings is 4. The van der Waals surface area contributed by atoms with Crippen LogP contribution < -0.4 is 9.47 Å². The molecular formula is C35H31F5O4. The third-order valence-corrected chi connectivity index (χ3v) is 6.99. The second-order valence-electron chi connectivity index (χ2n) is 10.4. The van der Waals surface area contributed by atoms with Crippen molar-refractivity contribution in [1.29, 1.82) is 0 Å². The number of unbranched alkanes of at least 4 members (excludes halogenated alkanes) is 4. The maximum atomic E-state index is 14.6. The first-order valence-electron chi connectivity index (χ1n) is 14.2. The molecular weight excluding hydrogens is 579 g/mol. The van der Waals surface area contributed by atoms with Crippen molar-refractivity contribution in [2.24, 2.45) is 0 Å². The van der Waals surface area contributed by atoms with Gasteiger partial charge in [-0.25, -0.2) is 8.78 Å². The van der Waals surface area contributed by atoms with E-state index in [2.05, 4.69) is 0 Å². The molecule has 0 aliphatic carbocycles. The molecule has 4 aromatic carbocycles. The number of rotatable bonds is 12. The number of carbonyl (C=O) groups is 2. The second-order valence-corrected chi connectivity index (χ2v) is 10.4. The molecule has 0 aliphatic heterocycles. The maximum absolute atomic E-state index is 14.6. The van der Waals surface area contributed by atoms with Crippen molar-refractivity contribution >= 4 is 11.9 Å². The van der Waals surface area contributed by atoms with Crippen molar-refractivity contribution < 1.29 is 41.0 Å². The standard InChI is InChI=1S/C35H31F5O4/c1-23-9-11-24(12-10-23)29-19-17-27(21-31(29)36)43-33(41)7-5-3-2-4-6-8-34(42)44-28-18-20-30(32(37)22-28)25-13-15-26(16-14-25)35(38,39)40/h9-22H,2-8H2,1H3. The lowest BCUT2D eigenvalue weighted by Gasteiger charge is -2.10. The van der Waals surface area contributed by atoms with Crippen molar-refractivity contribution in [2.75, 3.05) is 0 Å². The first-order valence-corrected chi connectivity index (χ1v) is 14.2. The van der Waals surface area contributed by atoms with Gasteiger partial charge in [0.25, 0.3) is 0 Å². The average molecular weight is 611 g/mol. The molecule has 0 aliphatic rings. The summed E-state index contributed by atoms with van der Waals surface area (Å²) in [5.41, 5.74) is 1.76. The highest BCUT2D eigenvalue weighted by molar-refractivity contribution is 5.74. The third kappa shape index (κ3) is 9.23. The van der Waals surface area contributed by atoms with E-state index in [0.29, 0.717) is 18.4 Å². The minimum atomic E-state index is -4.48. The number of esters is 2. The van der Waals surface area contributed by atoms with Gasteiger partial charge in [-0.2, -0.15) is 13.2 Å². The van der Waals surface area contributed by atoms with Gasteiger partial charge in [0.1, 0.15) is 23.1 Å². The molecule has 0 saturated heterocycles. The first-order chi connectivity index (χ1) is 21.0. The molecule has 4 aromatic rings. The highest BCUT2D eigenvalue weighted by Gasteiger charge is 2.30. The summed E-state index contributed by atoms with van der Waals surface area (Å²) in [5, 5.41) is 0. The Kier molecular flexibility index (Phi) is 10.9. The van der Waals surface area contributed by atoms with Crippen LogP contribution in [0, 0.1) is 18.6 Å². The molecule has 0 heterocycles. The SMILES string of the molecule is Cc1ccc(-c2ccc(OC(=O)CCCCCCCC(=O)Oc3ccc(-c4ccc(C(F)(F)F)cc4)c(F)c3)cc2F)cc1. The highest BCUT2D eigenvalue weighted by atomic mass is 19.4. The van der Waals surface area contributed by atoms with Crippen LogP contribution in [0.1, 0.15) is 56.1 Å². The predicted octanol–water partition coefficient (Wildman–Crippen LogP) is 9.87. The van der Waals surface area contributed by atoms with E-state index < -0.39 is 35.3 Å². The summed E-state index contributed by atoms with van der Waals surface area (Å²) in [6, 6.07) is 19.7. The molecule has 9 heteroatoms. The Morgan fingerprint density at radius 1 is 0.591 bits per heavy atom. The smallest absolute Gasteiger partial charge is 0.416 e. The molecule has 0 bridgehead atoms. The minimum absolute atomic E-state index is 0.00587. The molecule has 0 saturated carbocycles. The molecule has 0 amide bonds. The van der Waals surface area contributed by atoms with Gasteiger partial charge in [-0.15, -0.1) is 0 Å². The Balaban J connectivity index is 1.12. The fourth-order valence-electron chi connectivity index (χ4n) is 4.59. The van der Waals surface area contributed by atoms with E-state index in [-0.39, 0.29) is 35.5 Å². The quantitative estimate of drug-likeness (QED) is 0.0694. The molecule has 0 fully saturated rings.